The van der Waals surface area contributed by atoms with Gasteiger partial charge in [-0.15, -0.1) is 0 Å². The standard InChI is InChI=1S/C14H10Br3Cl/c1-8-10(3-2-4-13(8)18)14(17)11-7-9(15)5-6-12(11)16/h2-7,14H,1H3. The van der Waals surface area contributed by atoms with Crippen LogP contribution in [0.1, 0.15) is 21.5 Å². The van der Waals surface area contributed by atoms with Crippen molar-refractivity contribution < 1.29 is 0 Å². The molecule has 0 saturated heterocycles. The van der Waals surface area contributed by atoms with Gasteiger partial charge in [0.15, 0.2) is 0 Å². The third-order valence-electron chi connectivity index (χ3n) is 2.81. The Labute approximate surface area is 137 Å². The summed E-state index contributed by atoms with van der Waals surface area (Å²) < 4.78 is 2.14. The maximum Gasteiger partial charge on any atom is 0.0659 e. The Bertz CT molecular complexity index is 579. The largest absolute Gasteiger partial charge is 0.0840 e. The molecule has 0 bridgehead atoms. The molecule has 0 fully saturated rings. The van der Waals surface area contributed by atoms with Crippen molar-refractivity contribution in [1.29, 1.82) is 0 Å². The molecule has 1 atom stereocenters. The Morgan fingerprint density at radius 1 is 1.06 bits per heavy atom. The Kier molecular flexibility index (Phi) is 4.92. The van der Waals surface area contributed by atoms with Crippen LogP contribution in [0.3, 0.4) is 0 Å². The molecule has 0 heterocycles. The SMILES string of the molecule is Cc1c(Cl)cccc1C(Br)c1cc(Br)ccc1Br. The summed E-state index contributed by atoms with van der Waals surface area (Å²) in [5, 5.41) is 0.795. The number of hydrogen-bond acceptors (Lipinski definition) is 0. The number of rotatable bonds is 2. The highest BCUT2D eigenvalue weighted by Gasteiger charge is 2.16. The molecule has 0 nitrogen and oxygen atoms in total. The fourth-order valence-electron chi connectivity index (χ4n) is 1.78. The highest BCUT2D eigenvalue weighted by atomic mass is 79.9. The molecule has 0 aliphatic rings. The van der Waals surface area contributed by atoms with Crippen LogP contribution in [-0.4, -0.2) is 0 Å². The fourth-order valence-corrected chi connectivity index (χ4v) is 3.99. The van der Waals surface area contributed by atoms with Crippen molar-refractivity contribution in [3.8, 4) is 0 Å². The summed E-state index contributed by atoms with van der Waals surface area (Å²) in [7, 11) is 0. The van der Waals surface area contributed by atoms with Crippen molar-refractivity contribution in [2.75, 3.05) is 0 Å². The molecule has 18 heavy (non-hydrogen) atoms. The smallest absolute Gasteiger partial charge is 0.0659 e. The molecule has 0 amide bonds. The first-order valence-corrected chi connectivity index (χ1v) is 8.22. The summed E-state index contributed by atoms with van der Waals surface area (Å²) >= 11 is 17.0. The number of benzene rings is 2. The van der Waals surface area contributed by atoms with Crippen molar-refractivity contribution in [2.24, 2.45) is 0 Å². The minimum absolute atomic E-state index is 0.114. The molecule has 0 N–H and O–H groups in total. The zero-order valence-corrected chi connectivity index (χ0v) is 15.1. The van der Waals surface area contributed by atoms with E-state index in [9.17, 15) is 0 Å². The lowest BCUT2D eigenvalue weighted by molar-refractivity contribution is 1.13. The second-order valence-electron chi connectivity index (χ2n) is 3.98. The number of halogens is 4. The number of alkyl halides is 1. The highest BCUT2D eigenvalue weighted by Crippen LogP contribution is 2.39. The van der Waals surface area contributed by atoms with Crippen molar-refractivity contribution in [2.45, 2.75) is 11.8 Å². The van der Waals surface area contributed by atoms with E-state index in [1.165, 1.54) is 11.1 Å². The second-order valence-corrected chi connectivity index (χ2v) is 7.08. The fraction of sp³-hybridized carbons (Fsp3) is 0.143. The molecule has 94 valence electrons. The molecule has 4 heteroatoms. The van der Waals surface area contributed by atoms with Crippen LogP contribution in [0, 0.1) is 6.92 Å². The first-order valence-electron chi connectivity index (χ1n) is 5.34. The molecule has 0 aromatic heterocycles. The average Bonchev–Trinajstić information content (AvgIpc) is 2.35. The molecule has 2 aromatic carbocycles. The minimum atomic E-state index is 0.114. The molecule has 2 aromatic rings. The van der Waals surface area contributed by atoms with Gasteiger partial charge in [0.1, 0.15) is 0 Å². The third kappa shape index (κ3) is 3.01. The van der Waals surface area contributed by atoms with Gasteiger partial charge in [0, 0.05) is 14.0 Å². The van der Waals surface area contributed by atoms with Gasteiger partial charge >= 0.3 is 0 Å². The summed E-state index contributed by atoms with van der Waals surface area (Å²) in [5.74, 6) is 0. The van der Waals surface area contributed by atoms with Crippen LogP contribution in [0.25, 0.3) is 0 Å². The van der Waals surface area contributed by atoms with E-state index in [2.05, 4.69) is 59.9 Å². The van der Waals surface area contributed by atoms with Gasteiger partial charge in [-0.2, -0.15) is 0 Å². The van der Waals surface area contributed by atoms with Gasteiger partial charge in [-0.05, 0) is 47.9 Å². The van der Waals surface area contributed by atoms with Crippen LogP contribution in [0.4, 0.5) is 0 Å². The van der Waals surface area contributed by atoms with Crippen molar-refractivity contribution in [3.63, 3.8) is 0 Å². The molecule has 0 aliphatic heterocycles. The van der Waals surface area contributed by atoms with Crippen LogP contribution >= 0.6 is 59.4 Å². The normalized spacial score (nSPS) is 12.5. The van der Waals surface area contributed by atoms with Gasteiger partial charge in [-0.1, -0.05) is 71.5 Å². The summed E-state index contributed by atoms with van der Waals surface area (Å²) in [6, 6.07) is 12.1. The molecular formula is C14H10Br3Cl. The first kappa shape index (κ1) is 14.6. The maximum absolute atomic E-state index is 6.17. The molecule has 0 radical (unpaired) electrons. The summed E-state index contributed by atoms with van der Waals surface area (Å²) in [6.07, 6.45) is 0. The summed E-state index contributed by atoms with van der Waals surface area (Å²) in [6.45, 7) is 2.04. The van der Waals surface area contributed by atoms with Crippen LogP contribution in [-0.2, 0) is 0 Å². The predicted octanol–water partition coefficient (Wildman–Crippen LogP) is 6.66. The van der Waals surface area contributed by atoms with E-state index in [-0.39, 0.29) is 4.83 Å². The highest BCUT2D eigenvalue weighted by molar-refractivity contribution is 9.11. The van der Waals surface area contributed by atoms with E-state index in [1.807, 2.05) is 31.2 Å². The van der Waals surface area contributed by atoms with Gasteiger partial charge in [0.2, 0.25) is 0 Å². The summed E-state index contributed by atoms with van der Waals surface area (Å²) in [4.78, 5) is 0.114. The average molecular weight is 453 g/mol. The van der Waals surface area contributed by atoms with E-state index < -0.39 is 0 Å². The van der Waals surface area contributed by atoms with Crippen LogP contribution in [0.2, 0.25) is 5.02 Å². The van der Waals surface area contributed by atoms with Crippen molar-refractivity contribution in [1.82, 2.24) is 0 Å². The summed E-state index contributed by atoms with van der Waals surface area (Å²) in [5.41, 5.74) is 3.46. The Hall–Kier alpha value is 0.170. The molecule has 0 saturated carbocycles. The van der Waals surface area contributed by atoms with E-state index in [0.717, 1.165) is 19.5 Å². The lowest BCUT2D eigenvalue weighted by atomic mass is 10.0. The molecular weight excluding hydrogens is 443 g/mol. The molecule has 0 spiro atoms. The van der Waals surface area contributed by atoms with Crippen molar-refractivity contribution >= 4 is 59.4 Å². The van der Waals surface area contributed by atoms with Gasteiger partial charge in [0.05, 0.1) is 4.83 Å². The topological polar surface area (TPSA) is 0 Å². The Morgan fingerprint density at radius 2 is 1.78 bits per heavy atom. The van der Waals surface area contributed by atoms with E-state index >= 15 is 0 Å². The second kappa shape index (κ2) is 6.08. The maximum atomic E-state index is 6.17. The zero-order valence-electron chi connectivity index (χ0n) is 9.55. The lowest BCUT2D eigenvalue weighted by Crippen LogP contribution is -1.97. The van der Waals surface area contributed by atoms with E-state index in [1.54, 1.807) is 0 Å². The monoisotopic (exact) mass is 450 g/mol. The molecule has 2 rings (SSSR count). The van der Waals surface area contributed by atoms with E-state index in [0.29, 0.717) is 0 Å². The Morgan fingerprint density at radius 3 is 2.50 bits per heavy atom. The van der Waals surface area contributed by atoms with Crippen LogP contribution in [0.15, 0.2) is 45.3 Å². The first-order chi connectivity index (χ1) is 8.50. The van der Waals surface area contributed by atoms with Crippen LogP contribution in [0.5, 0.6) is 0 Å². The Balaban J connectivity index is 2.51. The lowest BCUT2D eigenvalue weighted by Gasteiger charge is -2.16. The van der Waals surface area contributed by atoms with Gasteiger partial charge in [-0.25, -0.2) is 0 Å². The third-order valence-corrected chi connectivity index (χ3v) is 5.43. The van der Waals surface area contributed by atoms with E-state index in [4.69, 9.17) is 11.6 Å². The predicted molar refractivity (Wildman–Crippen MR) is 88.8 cm³/mol. The number of hydrogen-bond donors (Lipinski definition) is 0. The molecule has 0 aliphatic carbocycles. The molecule has 1 unspecified atom stereocenters. The van der Waals surface area contributed by atoms with Crippen LogP contribution < -0.4 is 0 Å². The van der Waals surface area contributed by atoms with Crippen molar-refractivity contribution in [3.05, 3.63) is 67.1 Å². The zero-order chi connectivity index (χ0) is 13.3. The quantitative estimate of drug-likeness (QED) is 0.446. The van der Waals surface area contributed by atoms with Gasteiger partial charge in [0.25, 0.3) is 0 Å². The van der Waals surface area contributed by atoms with Gasteiger partial charge in [-0.3, -0.25) is 0 Å². The minimum Gasteiger partial charge on any atom is -0.0840 e. The van der Waals surface area contributed by atoms with Gasteiger partial charge < -0.3 is 0 Å².